The molecule has 1 saturated heterocycles. The summed E-state index contributed by atoms with van der Waals surface area (Å²) >= 11 is 0. The molecule has 8 heteroatoms. The van der Waals surface area contributed by atoms with Gasteiger partial charge in [0.25, 0.3) is 0 Å². The highest BCUT2D eigenvalue weighted by Crippen LogP contribution is 2.26. The van der Waals surface area contributed by atoms with Gasteiger partial charge in [0.2, 0.25) is 0 Å². The zero-order chi connectivity index (χ0) is 15.7. The van der Waals surface area contributed by atoms with Gasteiger partial charge in [-0.1, -0.05) is 0 Å². The predicted octanol–water partition coefficient (Wildman–Crippen LogP) is 0.657. The van der Waals surface area contributed by atoms with E-state index in [1.807, 2.05) is 0 Å². The van der Waals surface area contributed by atoms with Crippen LogP contribution in [-0.2, 0) is 19.7 Å². The van der Waals surface area contributed by atoms with Crippen LogP contribution < -0.4 is 10.6 Å². The number of piperidine rings is 1. The molecule has 21 heavy (non-hydrogen) atoms. The average molecular weight is 332 g/mol. The van der Waals surface area contributed by atoms with Crippen LogP contribution in [0.15, 0.2) is 28.0 Å². The van der Waals surface area contributed by atoms with Crippen molar-refractivity contribution >= 4 is 25.4 Å². The molecule has 2 rings (SSSR count). The Kier molecular flexibility index (Phi) is 4.60. The number of nitrogens with one attached hydrogen (secondary N) is 2. The molecule has 0 aliphatic carbocycles. The average Bonchev–Trinajstić information content (AvgIpc) is 2.38. The van der Waals surface area contributed by atoms with Crippen molar-refractivity contribution in [2.75, 3.05) is 30.9 Å². The molecule has 118 valence electrons. The fourth-order valence-electron chi connectivity index (χ4n) is 2.35. The highest BCUT2D eigenvalue weighted by atomic mass is 32.2. The van der Waals surface area contributed by atoms with Crippen molar-refractivity contribution in [3.63, 3.8) is 0 Å². The minimum absolute atomic E-state index is 0.00949. The van der Waals surface area contributed by atoms with Crippen LogP contribution in [0.5, 0.6) is 0 Å². The molecule has 6 nitrogen and oxygen atoms in total. The lowest BCUT2D eigenvalue weighted by atomic mass is 10.1. The van der Waals surface area contributed by atoms with Gasteiger partial charge in [0.1, 0.15) is 0 Å². The Labute approximate surface area is 125 Å². The second-order valence-corrected chi connectivity index (χ2v) is 9.39. The fourth-order valence-corrected chi connectivity index (χ4v) is 3.94. The first-order valence-electron chi connectivity index (χ1n) is 6.69. The number of anilines is 1. The lowest BCUT2D eigenvalue weighted by Gasteiger charge is -2.25. The van der Waals surface area contributed by atoms with Gasteiger partial charge in [0.05, 0.1) is 15.5 Å². The summed E-state index contributed by atoms with van der Waals surface area (Å²) in [5.74, 6) is 0. The van der Waals surface area contributed by atoms with Gasteiger partial charge >= 0.3 is 0 Å². The van der Waals surface area contributed by atoms with Crippen LogP contribution in [0.1, 0.15) is 12.8 Å². The maximum absolute atomic E-state index is 11.9. The van der Waals surface area contributed by atoms with E-state index in [0.717, 1.165) is 38.4 Å². The Hall–Kier alpha value is -1.12. The summed E-state index contributed by atoms with van der Waals surface area (Å²) in [6.07, 6.45) is 4.11. The molecule has 0 radical (unpaired) electrons. The molecule has 1 aromatic carbocycles. The van der Waals surface area contributed by atoms with Crippen molar-refractivity contribution < 1.29 is 16.8 Å². The van der Waals surface area contributed by atoms with Crippen molar-refractivity contribution in [1.29, 1.82) is 0 Å². The highest BCUT2D eigenvalue weighted by molar-refractivity contribution is 7.91. The van der Waals surface area contributed by atoms with E-state index in [0.29, 0.717) is 5.69 Å². The van der Waals surface area contributed by atoms with Gasteiger partial charge in [0, 0.05) is 25.1 Å². The van der Waals surface area contributed by atoms with Gasteiger partial charge in [-0.25, -0.2) is 16.8 Å². The van der Waals surface area contributed by atoms with Crippen molar-refractivity contribution in [3.8, 4) is 0 Å². The molecule has 2 N–H and O–H groups in total. The van der Waals surface area contributed by atoms with E-state index in [4.69, 9.17) is 0 Å². The van der Waals surface area contributed by atoms with Gasteiger partial charge < -0.3 is 10.6 Å². The Morgan fingerprint density at radius 2 is 1.86 bits per heavy atom. The summed E-state index contributed by atoms with van der Waals surface area (Å²) in [5, 5.41) is 6.44. The Bertz CT molecular complexity index is 721. The lowest BCUT2D eigenvalue weighted by Crippen LogP contribution is -2.38. The zero-order valence-electron chi connectivity index (χ0n) is 12.1. The van der Waals surface area contributed by atoms with Gasteiger partial charge in [-0.2, -0.15) is 0 Å². The summed E-state index contributed by atoms with van der Waals surface area (Å²) in [6.45, 7) is 1.72. The number of hydrogen-bond acceptors (Lipinski definition) is 6. The third kappa shape index (κ3) is 4.18. The minimum Gasteiger partial charge on any atom is -0.380 e. The molecular weight excluding hydrogens is 312 g/mol. The number of benzene rings is 1. The van der Waals surface area contributed by atoms with Crippen molar-refractivity contribution in [1.82, 2.24) is 5.32 Å². The first-order chi connectivity index (χ1) is 9.68. The van der Waals surface area contributed by atoms with E-state index in [1.165, 1.54) is 18.2 Å². The molecule has 0 amide bonds. The molecule has 0 bridgehead atoms. The molecule has 1 aliphatic rings. The maximum atomic E-state index is 11.9. The number of rotatable bonds is 4. The molecule has 1 unspecified atom stereocenters. The second kappa shape index (κ2) is 5.94. The van der Waals surface area contributed by atoms with Gasteiger partial charge in [0.15, 0.2) is 19.7 Å². The first-order valence-corrected chi connectivity index (χ1v) is 10.5. The molecule has 1 heterocycles. The quantitative estimate of drug-likeness (QED) is 0.841. The Balaban J connectivity index is 2.40. The zero-order valence-corrected chi connectivity index (χ0v) is 13.7. The maximum Gasteiger partial charge on any atom is 0.177 e. The van der Waals surface area contributed by atoms with E-state index < -0.39 is 19.7 Å². The Morgan fingerprint density at radius 1 is 1.14 bits per heavy atom. The molecule has 1 aliphatic heterocycles. The molecular formula is C13H20N2O4S2. The Morgan fingerprint density at radius 3 is 2.38 bits per heavy atom. The molecule has 0 aromatic heterocycles. The van der Waals surface area contributed by atoms with Crippen LogP contribution in [0.4, 0.5) is 5.69 Å². The summed E-state index contributed by atoms with van der Waals surface area (Å²) < 4.78 is 47.0. The summed E-state index contributed by atoms with van der Waals surface area (Å²) in [4.78, 5) is 0.0336. The standard InChI is InChI=1S/C13H20N2O4S2/c1-20(16,17)11-5-6-12(13(8-11)21(2,18)19)15-10-4-3-7-14-9-10/h5-6,8,10,14-15H,3-4,7,9H2,1-2H3. The van der Waals surface area contributed by atoms with Crippen LogP contribution in [0, 0.1) is 0 Å². The van der Waals surface area contributed by atoms with Crippen LogP contribution in [-0.4, -0.2) is 48.5 Å². The number of sulfone groups is 2. The second-order valence-electron chi connectivity index (χ2n) is 5.39. The largest absolute Gasteiger partial charge is 0.380 e. The molecule has 1 fully saturated rings. The van der Waals surface area contributed by atoms with Crippen molar-refractivity contribution in [2.45, 2.75) is 28.7 Å². The fraction of sp³-hybridized carbons (Fsp3) is 0.538. The van der Waals surface area contributed by atoms with E-state index in [1.54, 1.807) is 0 Å². The van der Waals surface area contributed by atoms with Crippen LogP contribution in [0.25, 0.3) is 0 Å². The first kappa shape index (κ1) is 16.3. The molecule has 0 saturated carbocycles. The highest BCUT2D eigenvalue weighted by Gasteiger charge is 2.20. The predicted molar refractivity (Wildman–Crippen MR) is 82.2 cm³/mol. The third-order valence-electron chi connectivity index (χ3n) is 3.44. The molecule has 1 aromatic rings. The van der Waals surface area contributed by atoms with E-state index in [-0.39, 0.29) is 15.8 Å². The van der Waals surface area contributed by atoms with Gasteiger partial charge in [-0.05, 0) is 37.6 Å². The van der Waals surface area contributed by atoms with E-state index in [9.17, 15) is 16.8 Å². The monoisotopic (exact) mass is 332 g/mol. The number of hydrogen-bond donors (Lipinski definition) is 2. The van der Waals surface area contributed by atoms with Crippen molar-refractivity contribution in [3.05, 3.63) is 18.2 Å². The summed E-state index contributed by atoms with van der Waals surface area (Å²) in [7, 11) is -6.95. The normalized spacial score (nSPS) is 20.2. The van der Waals surface area contributed by atoms with E-state index in [2.05, 4.69) is 10.6 Å². The van der Waals surface area contributed by atoms with Crippen LogP contribution >= 0.6 is 0 Å². The van der Waals surface area contributed by atoms with Gasteiger partial charge in [-0.3, -0.25) is 0 Å². The smallest absolute Gasteiger partial charge is 0.177 e. The molecule has 1 atom stereocenters. The third-order valence-corrected chi connectivity index (χ3v) is 5.68. The van der Waals surface area contributed by atoms with Gasteiger partial charge in [-0.15, -0.1) is 0 Å². The molecule has 0 spiro atoms. The van der Waals surface area contributed by atoms with E-state index >= 15 is 0 Å². The SMILES string of the molecule is CS(=O)(=O)c1ccc(NC2CCCNC2)c(S(C)(=O)=O)c1. The summed E-state index contributed by atoms with van der Waals surface area (Å²) in [5.41, 5.74) is 0.457. The lowest BCUT2D eigenvalue weighted by molar-refractivity contribution is 0.479. The van der Waals surface area contributed by atoms with Crippen molar-refractivity contribution in [2.24, 2.45) is 0 Å². The summed E-state index contributed by atoms with van der Waals surface area (Å²) in [6, 6.07) is 4.33. The minimum atomic E-state index is -3.51. The van der Waals surface area contributed by atoms with Crippen LogP contribution in [0.2, 0.25) is 0 Å². The topological polar surface area (TPSA) is 92.3 Å². The van der Waals surface area contributed by atoms with Crippen LogP contribution in [0.3, 0.4) is 0 Å².